The second-order valence-electron chi connectivity index (χ2n) is 6.80. The maximum Gasteiger partial charge on any atom is 0.265 e. The number of amides is 3. The summed E-state index contributed by atoms with van der Waals surface area (Å²) < 4.78 is 0. The van der Waals surface area contributed by atoms with Crippen LogP contribution in [0.2, 0.25) is 5.02 Å². The van der Waals surface area contributed by atoms with E-state index in [0.29, 0.717) is 32.5 Å². The molecule has 8 heteroatoms. The molecule has 30 heavy (non-hydrogen) atoms. The zero-order valence-corrected chi connectivity index (χ0v) is 17.9. The first-order valence-electron chi connectivity index (χ1n) is 9.20. The van der Waals surface area contributed by atoms with E-state index in [-0.39, 0.29) is 23.6 Å². The van der Waals surface area contributed by atoms with Crippen LogP contribution in [0.5, 0.6) is 0 Å². The van der Waals surface area contributed by atoms with E-state index in [0.717, 1.165) is 0 Å². The SMILES string of the molecule is CC(C)C(=O)Nc1ccc(NC(=O)c2ccc(Cl)c(NC(=O)c3cccs3)c2)cc1. The van der Waals surface area contributed by atoms with Crippen LogP contribution in [0.25, 0.3) is 0 Å². The molecule has 154 valence electrons. The molecule has 1 aromatic heterocycles. The van der Waals surface area contributed by atoms with E-state index in [1.165, 1.54) is 17.4 Å². The number of benzene rings is 2. The Morgan fingerprint density at radius 3 is 2.13 bits per heavy atom. The van der Waals surface area contributed by atoms with E-state index in [1.807, 2.05) is 13.8 Å². The second-order valence-corrected chi connectivity index (χ2v) is 8.16. The third-order valence-electron chi connectivity index (χ3n) is 4.16. The number of hydrogen-bond acceptors (Lipinski definition) is 4. The fourth-order valence-electron chi connectivity index (χ4n) is 2.48. The van der Waals surface area contributed by atoms with Gasteiger partial charge in [-0.15, -0.1) is 11.3 Å². The largest absolute Gasteiger partial charge is 0.326 e. The average molecular weight is 442 g/mol. The highest BCUT2D eigenvalue weighted by atomic mass is 35.5. The van der Waals surface area contributed by atoms with Gasteiger partial charge in [0.1, 0.15) is 0 Å². The summed E-state index contributed by atoms with van der Waals surface area (Å²) in [6.07, 6.45) is 0. The number of carbonyl (C=O) groups excluding carboxylic acids is 3. The maximum absolute atomic E-state index is 12.6. The summed E-state index contributed by atoms with van der Waals surface area (Å²) in [5.41, 5.74) is 1.92. The number of thiophene rings is 1. The van der Waals surface area contributed by atoms with Crippen molar-refractivity contribution in [2.24, 2.45) is 5.92 Å². The lowest BCUT2D eigenvalue weighted by Gasteiger charge is -2.11. The van der Waals surface area contributed by atoms with Crippen LogP contribution in [0.15, 0.2) is 60.0 Å². The number of nitrogens with one attached hydrogen (secondary N) is 3. The van der Waals surface area contributed by atoms with Crippen molar-refractivity contribution in [1.82, 2.24) is 0 Å². The Balaban J connectivity index is 1.68. The third kappa shape index (κ3) is 5.46. The zero-order valence-electron chi connectivity index (χ0n) is 16.4. The zero-order chi connectivity index (χ0) is 21.7. The van der Waals surface area contributed by atoms with Crippen molar-refractivity contribution < 1.29 is 14.4 Å². The molecule has 3 amide bonds. The molecule has 3 rings (SSSR count). The number of halogens is 1. The molecular weight excluding hydrogens is 422 g/mol. The van der Waals surface area contributed by atoms with E-state index >= 15 is 0 Å². The average Bonchev–Trinajstić information content (AvgIpc) is 3.26. The number of anilines is 3. The van der Waals surface area contributed by atoms with Gasteiger partial charge in [0.05, 0.1) is 15.6 Å². The molecule has 0 aliphatic carbocycles. The molecule has 3 N–H and O–H groups in total. The fourth-order valence-corrected chi connectivity index (χ4v) is 3.26. The molecule has 1 heterocycles. The first-order valence-corrected chi connectivity index (χ1v) is 10.5. The van der Waals surface area contributed by atoms with Gasteiger partial charge >= 0.3 is 0 Å². The molecule has 0 fully saturated rings. The van der Waals surface area contributed by atoms with Crippen LogP contribution in [0.3, 0.4) is 0 Å². The van der Waals surface area contributed by atoms with Crippen molar-refractivity contribution in [3.63, 3.8) is 0 Å². The smallest absolute Gasteiger partial charge is 0.265 e. The van der Waals surface area contributed by atoms with Crippen LogP contribution < -0.4 is 16.0 Å². The van der Waals surface area contributed by atoms with Gasteiger partial charge in [-0.2, -0.15) is 0 Å². The Morgan fingerprint density at radius 1 is 0.867 bits per heavy atom. The Bertz CT molecular complexity index is 1060. The van der Waals surface area contributed by atoms with E-state index in [1.54, 1.807) is 53.9 Å². The van der Waals surface area contributed by atoms with E-state index in [4.69, 9.17) is 11.6 Å². The maximum atomic E-state index is 12.6. The van der Waals surface area contributed by atoms with Crippen molar-refractivity contribution >= 4 is 57.7 Å². The summed E-state index contributed by atoms with van der Waals surface area (Å²) in [7, 11) is 0. The molecule has 0 saturated carbocycles. The second kappa shape index (κ2) is 9.56. The highest BCUT2D eigenvalue weighted by molar-refractivity contribution is 7.12. The number of hydrogen-bond donors (Lipinski definition) is 3. The molecular formula is C22H20ClN3O3S. The van der Waals surface area contributed by atoms with E-state index < -0.39 is 0 Å². The minimum atomic E-state index is -0.350. The summed E-state index contributed by atoms with van der Waals surface area (Å²) in [5, 5.41) is 10.4. The number of rotatable bonds is 6. The summed E-state index contributed by atoms with van der Waals surface area (Å²) in [4.78, 5) is 37.2. The van der Waals surface area contributed by atoms with Crippen LogP contribution in [-0.2, 0) is 4.79 Å². The standard InChI is InChI=1S/C22H20ClN3O3S/c1-13(2)20(27)24-15-6-8-16(9-7-15)25-21(28)14-5-10-17(23)18(12-14)26-22(29)19-4-3-11-30-19/h3-13H,1-2H3,(H,24,27)(H,25,28)(H,26,29). The van der Waals surface area contributed by atoms with Crippen LogP contribution in [0.1, 0.15) is 33.9 Å². The summed E-state index contributed by atoms with van der Waals surface area (Å²) >= 11 is 7.48. The van der Waals surface area contributed by atoms with Crippen LogP contribution >= 0.6 is 22.9 Å². The van der Waals surface area contributed by atoms with Gasteiger partial charge in [0.25, 0.3) is 11.8 Å². The van der Waals surface area contributed by atoms with Crippen molar-refractivity contribution in [1.29, 1.82) is 0 Å². The summed E-state index contributed by atoms with van der Waals surface area (Å²) in [6.45, 7) is 3.63. The topological polar surface area (TPSA) is 87.3 Å². The van der Waals surface area contributed by atoms with Gasteiger partial charge < -0.3 is 16.0 Å². The Morgan fingerprint density at radius 2 is 1.53 bits per heavy atom. The monoisotopic (exact) mass is 441 g/mol. The molecule has 0 saturated heterocycles. The van der Waals surface area contributed by atoms with Gasteiger partial charge in [-0.25, -0.2) is 0 Å². The Labute approximate surface area is 183 Å². The van der Waals surface area contributed by atoms with Gasteiger partial charge in [-0.05, 0) is 53.9 Å². The third-order valence-corrected chi connectivity index (χ3v) is 5.35. The fraction of sp³-hybridized carbons (Fsp3) is 0.136. The van der Waals surface area contributed by atoms with E-state index in [9.17, 15) is 14.4 Å². The van der Waals surface area contributed by atoms with Crippen molar-refractivity contribution in [3.05, 3.63) is 75.4 Å². The van der Waals surface area contributed by atoms with Crippen LogP contribution in [0, 0.1) is 5.92 Å². The molecule has 0 atom stereocenters. The molecule has 0 aliphatic heterocycles. The highest BCUT2D eigenvalue weighted by Gasteiger charge is 2.13. The van der Waals surface area contributed by atoms with Gasteiger partial charge in [0.2, 0.25) is 5.91 Å². The first kappa shape index (κ1) is 21.5. The Kier molecular flexibility index (Phi) is 6.87. The molecule has 0 spiro atoms. The molecule has 0 radical (unpaired) electrons. The lowest BCUT2D eigenvalue weighted by atomic mass is 10.1. The summed E-state index contributed by atoms with van der Waals surface area (Å²) in [5.74, 6) is -0.838. The quantitative estimate of drug-likeness (QED) is 0.472. The predicted molar refractivity (Wildman–Crippen MR) is 122 cm³/mol. The lowest BCUT2D eigenvalue weighted by molar-refractivity contribution is -0.118. The van der Waals surface area contributed by atoms with E-state index in [2.05, 4.69) is 16.0 Å². The molecule has 6 nitrogen and oxygen atoms in total. The molecule has 2 aromatic carbocycles. The molecule has 0 aliphatic rings. The van der Waals surface area contributed by atoms with Gasteiger partial charge in [-0.1, -0.05) is 31.5 Å². The normalized spacial score (nSPS) is 10.5. The van der Waals surface area contributed by atoms with Crippen molar-refractivity contribution in [3.8, 4) is 0 Å². The van der Waals surface area contributed by atoms with Gasteiger partial charge in [-0.3, -0.25) is 14.4 Å². The lowest BCUT2D eigenvalue weighted by Crippen LogP contribution is -2.17. The van der Waals surface area contributed by atoms with Crippen molar-refractivity contribution in [2.45, 2.75) is 13.8 Å². The first-order chi connectivity index (χ1) is 14.3. The van der Waals surface area contributed by atoms with Gasteiger partial charge in [0, 0.05) is 22.9 Å². The molecule has 0 unspecified atom stereocenters. The molecule has 3 aromatic rings. The number of carbonyl (C=O) groups is 3. The van der Waals surface area contributed by atoms with Gasteiger partial charge in [0.15, 0.2) is 0 Å². The van der Waals surface area contributed by atoms with Crippen LogP contribution in [-0.4, -0.2) is 17.7 Å². The highest BCUT2D eigenvalue weighted by Crippen LogP contribution is 2.25. The summed E-state index contributed by atoms with van der Waals surface area (Å²) in [6, 6.07) is 15.0. The Hall–Kier alpha value is -3.16. The minimum absolute atomic E-state index is 0.0786. The van der Waals surface area contributed by atoms with Crippen LogP contribution in [0.4, 0.5) is 17.1 Å². The molecule has 0 bridgehead atoms. The predicted octanol–water partition coefficient (Wildman–Crippen LogP) is 5.50. The van der Waals surface area contributed by atoms with Crippen molar-refractivity contribution in [2.75, 3.05) is 16.0 Å². The minimum Gasteiger partial charge on any atom is -0.326 e.